The lowest BCUT2D eigenvalue weighted by Crippen LogP contribution is -2.66. The van der Waals surface area contributed by atoms with Crippen molar-refractivity contribution in [2.45, 2.75) is 108 Å². The van der Waals surface area contributed by atoms with Crippen molar-refractivity contribution in [1.82, 2.24) is 20.4 Å². The molecule has 9 nitrogen and oxygen atoms in total. The van der Waals surface area contributed by atoms with Gasteiger partial charge in [-0.2, -0.15) is 0 Å². The second kappa shape index (κ2) is 14.1. The number of carbonyl (C=O) groups excluding carboxylic acids is 3. The van der Waals surface area contributed by atoms with Gasteiger partial charge in [-0.05, 0) is 51.0 Å². The van der Waals surface area contributed by atoms with Crippen LogP contribution in [-0.4, -0.2) is 90.5 Å². The molecule has 1 aromatic rings. The van der Waals surface area contributed by atoms with Gasteiger partial charge in [0.05, 0.1) is 18.8 Å². The van der Waals surface area contributed by atoms with Gasteiger partial charge in [0.25, 0.3) is 0 Å². The van der Waals surface area contributed by atoms with Crippen molar-refractivity contribution in [1.29, 1.82) is 0 Å². The normalized spacial score (nSPS) is 27.6. The van der Waals surface area contributed by atoms with Crippen LogP contribution in [0.3, 0.4) is 0 Å². The SMILES string of the molecule is CCO[C@@H]1C[C@@H]2CN(C(=O)[C@@H](NC(=O)C(CC)CC)C3CCC(F)(F)CC3)[C@H](C(=O)N[C@@H]3CCOc4ccccc43)CN2C1. The molecular formula is C33H48F2N4O5. The van der Waals surface area contributed by atoms with Crippen LogP contribution in [-0.2, 0) is 19.1 Å². The highest BCUT2D eigenvalue weighted by Gasteiger charge is 2.48. The average molecular weight is 619 g/mol. The number of benzene rings is 1. The van der Waals surface area contributed by atoms with E-state index < -0.39 is 23.9 Å². The van der Waals surface area contributed by atoms with E-state index in [4.69, 9.17) is 9.47 Å². The number of rotatable bonds is 10. The first kappa shape index (κ1) is 32.6. The summed E-state index contributed by atoms with van der Waals surface area (Å²) < 4.78 is 40.1. The van der Waals surface area contributed by atoms with Crippen molar-refractivity contribution in [2.75, 3.05) is 32.8 Å². The van der Waals surface area contributed by atoms with Crippen molar-refractivity contribution >= 4 is 17.7 Å². The number of nitrogens with zero attached hydrogens (tertiary/aromatic N) is 2. The number of amides is 3. The van der Waals surface area contributed by atoms with Gasteiger partial charge in [-0.15, -0.1) is 0 Å². The van der Waals surface area contributed by atoms with Crippen molar-refractivity contribution in [2.24, 2.45) is 11.8 Å². The molecule has 3 amide bonds. The smallest absolute Gasteiger partial charge is 0.248 e. The van der Waals surface area contributed by atoms with Crippen LogP contribution in [0.1, 0.15) is 83.7 Å². The lowest BCUT2D eigenvalue weighted by Gasteiger charge is -2.45. The minimum Gasteiger partial charge on any atom is -0.493 e. The third-order valence-electron chi connectivity index (χ3n) is 10.1. The molecule has 1 saturated carbocycles. The first-order valence-corrected chi connectivity index (χ1v) is 16.5. The molecule has 244 valence electrons. The van der Waals surface area contributed by atoms with Crippen LogP contribution in [0.15, 0.2) is 24.3 Å². The number of para-hydroxylation sites is 1. The Kier molecular flexibility index (Phi) is 10.4. The Morgan fingerprint density at radius 1 is 1.05 bits per heavy atom. The molecule has 2 saturated heterocycles. The number of alkyl halides is 2. The average Bonchev–Trinajstić information content (AvgIpc) is 3.41. The van der Waals surface area contributed by atoms with Gasteiger partial charge in [0.15, 0.2) is 0 Å². The number of carbonyl (C=O) groups is 3. The van der Waals surface area contributed by atoms with Crippen LogP contribution in [0.5, 0.6) is 5.75 Å². The molecule has 3 aliphatic heterocycles. The molecule has 11 heteroatoms. The van der Waals surface area contributed by atoms with Crippen LogP contribution in [0.25, 0.3) is 0 Å². The maximum absolute atomic E-state index is 14.6. The summed E-state index contributed by atoms with van der Waals surface area (Å²) in [6.07, 6.45) is 2.22. The molecule has 0 bridgehead atoms. The molecule has 0 aromatic heterocycles. The standard InChI is InChI=1S/C33H48F2N4O5/c1-4-21(5-2)30(40)37-29(22-11-14-33(34,35)15-12-22)32(42)39-18-23-17-24(43-6-3)19-38(23)20-27(39)31(41)36-26-13-16-44-28-10-8-7-9-25(26)28/h7-10,21-24,26-27,29H,4-6,11-20H2,1-3H3,(H,36,41)(H,37,40)/t23-,24-,26-,27+,29+/m1/s1. The van der Waals surface area contributed by atoms with Gasteiger partial charge in [0.2, 0.25) is 23.6 Å². The summed E-state index contributed by atoms with van der Waals surface area (Å²) in [5.74, 6) is -3.59. The van der Waals surface area contributed by atoms with Crippen LogP contribution < -0.4 is 15.4 Å². The zero-order chi connectivity index (χ0) is 31.4. The lowest BCUT2D eigenvalue weighted by atomic mass is 9.81. The summed E-state index contributed by atoms with van der Waals surface area (Å²) in [6, 6.07) is 5.61. The molecule has 5 atom stereocenters. The Morgan fingerprint density at radius 2 is 1.77 bits per heavy atom. The molecule has 3 fully saturated rings. The predicted octanol–water partition coefficient (Wildman–Crippen LogP) is 4.06. The van der Waals surface area contributed by atoms with Gasteiger partial charge < -0.3 is 25.0 Å². The minimum absolute atomic E-state index is 0.00873. The fourth-order valence-corrected chi connectivity index (χ4v) is 7.50. The summed E-state index contributed by atoms with van der Waals surface area (Å²) in [6.45, 7) is 8.18. The zero-order valence-corrected chi connectivity index (χ0v) is 26.2. The van der Waals surface area contributed by atoms with E-state index >= 15 is 0 Å². The van der Waals surface area contributed by atoms with Gasteiger partial charge in [-0.3, -0.25) is 19.3 Å². The molecule has 1 aliphatic carbocycles. The molecular weight excluding hydrogens is 570 g/mol. The van der Waals surface area contributed by atoms with Crippen molar-refractivity contribution in [3.63, 3.8) is 0 Å². The largest absolute Gasteiger partial charge is 0.493 e. The van der Waals surface area contributed by atoms with E-state index in [-0.39, 0.29) is 67.5 Å². The summed E-state index contributed by atoms with van der Waals surface area (Å²) in [7, 11) is 0. The Bertz CT molecular complexity index is 1170. The molecule has 4 aliphatic rings. The van der Waals surface area contributed by atoms with Gasteiger partial charge in [-0.25, -0.2) is 8.78 Å². The van der Waals surface area contributed by atoms with Crippen molar-refractivity contribution in [3.8, 4) is 5.75 Å². The molecule has 3 heterocycles. The number of hydrogen-bond donors (Lipinski definition) is 2. The van der Waals surface area contributed by atoms with E-state index in [2.05, 4.69) is 15.5 Å². The quantitative estimate of drug-likeness (QED) is 0.411. The third-order valence-corrected chi connectivity index (χ3v) is 10.1. The summed E-state index contributed by atoms with van der Waals surface area (Å²) in [5.41, 5.74) is 0.898. The van der Waals surface area contributed by atoms with E-state index in [9.17, 15) is 23.2 Å². The monoisotopic (exact) mass is 618 g/mol. The second-order valence-corrected chi connectivity index (χ2v) is 12.9. The van der Waals surface area contributed by atoms with Crippen LogP contribution >= 0.6 is 0 Å². The van der Waals surface area contributed by atoms with E-state index in [1.807, 2.05) is 45.0 Å². The maximum Gasteiger partial charge on any atom is 0.248 e. The topological polar surface area (TPSA) is 100 Å². The number of nitrogens with one attached hydrogen (secondary N) is 2. The Hall–Kier alpha value is -2.79. The third kappa shape index (κ3) is 7.19. The van der Waals surface area contributed by atoms with Crippen LogP contribution in [0.4, 0.5) is 8.78 Å². The molecule has 0 spiro atoms. The fraction of sp³-hybridized carbons (Fsp3) is 0.727. The van der Waals surface area contributed by atoms with E-state index in [0.717, 1.165) is 17.7 Å². The maximum atomic E-state index is 14.6. The lowest BCUT2D eigenvalue weighted by molar-refractivity contribution is -0.150. The first-order chi connectivity index (χ1) is 21.1. The highest BCUT2D eigenvalue weighted by atomic mass is 19.3. The zero-order valence-electron chi connectivity index (χ0n) is 26.2. The Morgan fingerprint density at radius 3 is 2.48 bits per heavy atom. The van der Waals surface area contributed by atoms with Gasteiger partial charge in [-0.1, -0.05) is 32.0 Å². The summed E-state index contributed by atoms with van der Waals surface area (Å²) in [5, 5.41) is 6.19. The predicted molar refractivity (Wildman–Crippen MR) is 161 cm³/mol. The number of halogens is 2. The molecule has 2 N–H and O–H groups in total. The number of ether oxygens (including phenoxy) is 2. The fourth-order valence-electron chi connectivity index (χ4n) is 7.50. The molecule has 44 heavy (non-hydrogen) atoms. The van der Waals surface area contributed by atoms with Crippen molar-refractivity contribution in [3.05, 3.63) is 29.8 Å². The van der Waals surface area contributed by atoms with Gasteiger partial charge >= 0.3 is 0 Å². The van der Waals surface area contributed by atoms with E-state index in [1.54, 1.807) is 4.90 Å². The highest BCUT2D eigenvalue weighted by Crippen LogP contribution is 2.39. The number of fused-ring (bicyclic) bond motifs is 2. The molecule has 0 unspecified atom stereocenters. The van der Waals surface area contributed by atoms with Crippen molar-refractivity contribution < 1.29 is 32.6 Å². The summed E-state index contributed by atoms with van der Waals surface area (Å²) >= 11 is 0. The van der Waals surface area contributed by atoms with E-state index in [1.165, 1.54) is 0 Å². The number of hydrogen-bond acceptors (Lipinski definition) is 6. The van der Waals surface area contributed by atoms with Gasteiger partial charge in [0, 0.05) is 63.0 Å². The Labute approximate surface area is 259 Å². The molecule has 0 radical (unpaired) electrons. The van der Waals surface area contributed by atoms with E-state index in [0.29, 0.717) is 52.1 Å². The summed E-state index contributed by atoms with van der Waals surface area (Å²) in [4.78, 5) is 45.8. The second-order valence-electron chi connectivity index (χ2n) is 12.9. The number of piperazine rings is 1. The van der Waals surface area contributed by atoms with Gasteiger partial charge in [0.1, 0.15) is 17.8 Å². The first-order valence-electron chi connectivity index (χ1n) is 16.5. The van der Waals surface area contributed by atoms with Crippen LogP contribution in [0, 0.1) is 11.8 Å². The highest BCUT2D eigenvalue weighted by molar-refractivity contribution is 5.93. The Balaban J connectivity index is 1.42. The van der Waals surface area contributed by atoms with Crippen LogP contribution in [0.2, 0.25) is 0 Å². The minimum atomic E-state index is -2.77. The molecule has 5 rings (SSSR count). The molecule has 1 aromatic carbocycles.